The minimum Gasteiger partial charge on any atom is -0.295 e. The van der Waals surface area contributed by atoms with E-state index in [9.17, 15) is 0 Å². The summed E-state index contributed by atoms with van der Waals surface area (Å²) >= 11 is 0. The smallest absolute Gasteiger partial charge is 0.0468 e. The van der Waals surface area contributed by atoms with Gasteiger partial charge in [-0.05, 0) is 44.3 Å². The van der Waals surface area contributed by atoms with Crippen LogP contribution >= 0.6 is 0 Å². The van der Waals surface area contributed by atoms with Gasteiger partial charge in [0.2, 0.25) is 0 Å². The second-order valence-corrected chi connectivity index (χ2v) is 5.16. The Morgan fingerprint density at radius 3 is 2.07 bits per heavy atom. The van der Waals surface area contributed by atoms with E-state index in [0.717, 1.165) is 4.90 Å². The highest BCUT2D eigenvalue weighted by atomic mass is 15.3. The highest BCUT2D eigenvalue weighted by Gasteiger charge is 2.48. The molecular formula is C13H25N. The molecule has 0 aromatic rings. The Kier molecular flexibility index (Phi) is 0.942. The van der Waals surface area contributed by atoms with Crippen LogP contribution in [0.25, 0.3) is 0 Å². The molecule has 82 valence electrons. The lowest BCUT2D eigenvalue weighted by Crippen LogP contribution is -2.64. The van der Waals surface area contributed by atoms with Crippen LogP contribution in [0, 0.1) is 11.3 Å². The fourth-order valence-corrected chi connectivity index (χ4v) is 1.63. The first kappa shape index (κ1) is 4.08. The largest absolute Gasteiger partial charge is 0.295 e. The topological polar surface area (TPSA) is 3.24 Å². The van der Waals surface area contributed by atoms with Crippen LogP contribution in [-0.4, -0.2) is 23.0 Å². The molecule has 3 fully saturated rings. The number of nitrogens with zero attached hydrogens (tertiary/aromatic N) is 1. The maximum Gasteiger partial charge on any atom is 0.0468 e. The number of hydrogen-bond acceptors (Lipinski definition) is 1. The van der Waals surface area contributed by atoms with Crippen LogP contribution in [-0.2, 0) is 0 Å². The second kappa shape index (κ2) is 3.23. The standard InChI is InChI=1S/C13H25N/c1-9(2)14-11-6-10(13(3,4)5)7-12(14)8-11/h9-12H,6-8H2,1-5H3/i6D2,7D2,8D2,10D,11D,12D. The first-order chi connectivity index (χ1) is 9.82. The summed E-state index contributed by atoms with van der Waals surface area (Å²) in [5.41, 5.74) is -1.24. The SMILES string of the molecule is [2H]C1([2H])C2([2H])N(C(C)C)C1([2H])C([2H])([2H])C([2H])(C(C)(C)C)C2([2H])[2H]. The van der Waals surface area contributed by atoms with Gasteiger partial charge in [-0.15, -0.1) is 0 Å². The van der Waals surface area contributed by atoms with Gasteiger partial charge in [-0.3, -0.25) is 4.90 Å². The molecule has 0 spiro atoms. The van der Waals surface area contributed by atoms with E-state index < -0.39 is 48.5 Å². The van der Waals surface area contributed by atoms with E-state index in [2.05, 4.69) is 0 Å². The maximum absolute atomic E-state index is 8.71. The second-order valence-electron chi connectivity index (χ2n) is 5.16. The van der Waals surface area contributed by atoms with Crippen LogP contribution in [0.15, 0.2) is 0 Å². The molecule has 14 heavy (non-hydrogen) atoms. The van der Waals surface area contributed by atoms with Crippen LogP contribution in [0.5, 0.6) is 0 Å². The predicted octanol–water partition coefficient (Wildman–Crippen LogP) is 3.29. The van der Waals surface area contributed by atoms with E-state index in [1.807, 2.05) is 0 Å². The van der Waals surface area contributed by atoms with Crippen molar-refractivity contribution in [3.8, 4) is 0 Å². The van der Waals surface area contributed by atoms with Crippen LogP contribution in [0.3, 0.4) is 0 Å². The van der Waals surface area contributed by atoms with Gasteiger partial charge in [0.1, 0.15) is 0 Å². The van der Waals surface area contributed by atoms with Crippen molar-refractivity contribution in [2.24, 2.45) is 11.3 Å². The van der Waals surface area contributed by atoms with Crippen molar-refractivity contribution in [3.05, 3.63) is 0 Å². The molecule has 1 heteroatoms. The number of hydrogen-bond donors (Lipinski definition) is 0. The van der Waals surface area contributed by atoms with Crippen molar-refractivity contribution in [3.63, 3.8) is 0 Å². The van der Waals surface area contributed by atoms with Crippen molar-refractivity contribution in [1.82, 2.24) is 4.90 Å². The van der Waals surface area contributed by atoms with Gasteiger partial charge in [0.15, 0.2) is 0 Å². The molecule has 1 saturated carbocycles. The van der Waals surface area contributed by atoms with Gasteiger partial charge in [0.25, 0.3) is 0 Å². The summed E-state index contributed by atoms with van der Waals surface area (Å²) in [7, 11) is 0. The number of piperidine rings is 1. The third-order valence-electron chi connectivity index (χ3n) is 2.47. The lowest BCUT2D eigenvalue weighted by molar-refractivity contribution is -0.0929. The third kappa shape index (κ3) is 1.60. The summed E-state index contributed by atoms with van der Waals surface area (Å²) in [6.07, 6.45) is -8.43. The molecular weight excluding hydrogens is 170 g/mol. The van der Waals surface area contributed by atoms with Crippen molar-refractivity contribution in [2.75, 3.05) is 0 Å². The normalized spacial score (nSPS) is 74.6. The van der Waals surface area contributed by atoms with E-state index in [0.29, 0.717) is 0 Å². The van der Waals surface area contributed by atoms with Crippen LogP contribution < -0.4 is 0 Å². The lowest BCUT2D eigenvalue weighted by Gasteiger charge is -2.59. The molecule has 2 atom stereocenters. The zero-order valence-electron chi connectivity index (χ0n) is 18.5. The molecule has 3 rings (SSSR count). The number of fused-ring (bicyclic) bond motifs is 2. The average Bonchev–Trinajstić information content (AvgIpc) is 2.32. The van der Waals surface area contributed by atoms with Gasteiger partial charge in [0.05, 0.1) is 0 Å². The minimum absolute atomic E-state index is 0.608. The zero-order valence-corrected chi connectivity index (χ0v) is 9.52. The maximum atomic E-state index is 8.71. The molecule has 0 N–H and O–H groups in total. The zero-order chi connectivity index (χ0) is 18.7. The van der Waals surface area contributed by atoms with Crippen molar-refractivity contribution < 1.29 is 12.3 Å². The molecule has 0 aromatic carbocycles. The Balaban J connectivity index is 2.92. The minimum atomic E-state index is -2.84. The molecule has 1 nitrogen and oxygen atoms in total. The Morgan fingerprint density at radius 2 is 1.71 bits per heavy atom. The first-order valence-corrected chi connectivity index (χ1v) is 5.11. The van der Waals surface area contributed by atoms with Gasteiger partial charge >= 0.3 is 0 Å². The average molecular weight is 204 g/mol. The molecule has 2 heterocycles. The molecule has 0 amide bonds. The Hall–Kier alpha value is -0.0400. The highest BCUT2D eigenvalue weighted by molar-refractivity contribution is 5.02. The van der Waals surface area contributed by atoms with Crippen LogP contribution in [0.1, 0.15) is 66.1 Å². The molecule has 0 aromatic heterocycles. The summed E-state index contributed by atoms with van der Waals surface area (Å²) in [6, 6.07) is -5.61. The summed E-state index contributed by atoms with van der Waals surface area (Å²) in [6.45, 7) is 7.68. The molecule has 3 aliphatic rings. The summed E-state index contributed by atoms with van der Waals surface area (Å²) in [4.78, 5) is 0.957. The van der Waals surface area contributed by atoms with Crippen LogP contribution in [0.2, 0.25) is 0 Å². The van der Waals surface area contributed by atoms with Gasteiger partial charge in [-0.2, -0.15) is 0 Å². The van der Waals surface area contributed by atoms with Crippen molar-refractivity contribution >= 4 is 0 Å². The van der Waals surface area contributed by atoms with E-state index in [-0.39, 0.29) is 0 Å². The monoisotopic (exact) mass is 204 g/mol. The molecule has 2 saturated heterocycles. The summed E-state index contributed by atoms with van der Waals surface area (Å²) < 4.78 is 76.2. The van der Waals surface area contributed by atoms with Crippen LogP contribution in [0.4, 0.5) is 0 Å². The third-order valence-corrected chi connectivity index (χ3v) is 2.47. The Labute approximate surface area is 102 Å². The highest BCUT2D eigenvalue weighted by Crippen LogP contribution is 2.48. The molecule has 2 bridgehead atoms. The van der Waals surface area contributed by atoms with Gasteiger partial charge in [0, 0.05) is 30.4 Å². The molecule has 0 radical (unpaired) electrons. The van der Waals surface area contributed by atoms with Crippen molar-refractivity contribution in [1.29, 1.82) is 0 Å². The van der Waals surface area contributed by atoms with E-state index in [1.165, 1.54) is 20.8 Å². The first-order valence-electron chi connectivity index (χ1n) is 9.61. The Morgan fingerprint density at radius 1 is 1.21 bits per heavy atom. The lowest BCUT2D eigenvalue weighted by atomic mass is 9.64. The Bertz CT molecular complexity index is 506. The molecule has 2 aliphatic heterocycles. The fourth-order valence-electron chi connectivity index (χ4n) is 1.63. The molecule has 2 unspecified atom stereocenters. The summed E-state index contributed by atoms with van der Waals surface area (Å²) in [5, 5.41) is 0. The predicted molar refractivity (Wildman–Crippen MR) is 61.3 cm³/mol. The number of rotatable bonds is 1. The van der Waals surface area contributed by atoms with E-state index >= 15 is 0 Å². The molecule has 1 aliphatic carbocycles. The summed E-state index contributed by atoms with van der Waals surface area (Å²) in [5.74, 6) is -2.46. The van der Waals surface area contributed by atoms with Crippen molar-refractivity contribution in [2.45, 2.75) is 71.8 Å². The van der Waals surface area contributed by atoms with Gasteiger partial charge in [-0.25, -0.2) is 0 Å². The quantitative estimate of drug-likeness (QED) is 0.633. The van der Waals surface area contributed by atoms with Gasteiger partial charge < -0.3 is 0 Å². The fraction of sp³-hybridized carbons (Fsp3) is 1.00. The van der Waals surface area contributed by atoms with E-state index in [1.54, 1.807) is 13.8 Å². The van der Waals surface area contributed by atoms with E-state index in [4.69, 9.17) is 12.3 Å². The van der Waals surface area contributed by atoms with Gasteiger partial charge in [-0.1, -0.05) is 20.8 Å².